The minimum atomic E-state index is -0.245. The quantitative estimate of drug-likeness (QED) is 0.675. The number of aryl methyl sites for hydroxylation is 2. The summed E-state index contributed by atoms with van der Waals surface area (Å²) in [6.07, 6.45) is 3.08. The number of aromatic nitrogens is 3. The Hall–Kier alpha value is -0.900. The van der Waals surface area contributed by atoms with Crippen molar-refractivity contribution in [3.05, 3.63) is 11.9 Å². The van der Waals surface area contributed by atoms with Crippen molar-refractivity contribution in [2.24, 2.45) is 7.05 Å². The Morgan fingerprint density at radius 3 is 2.91 bits per heavy atom. The van der Waals surface area contributed by atoms with Crippen LogP contribution >= 0.6 is 0 Å². The van der Waals surface area contributed by atoms with Gasteiger partial charge in [-0.15, -0.1) is 5.10 Å². The average molecular weight is 155 g/mol. The van der Waals surface area contributed by atoms with E-state index >= 15 is 0 Å². The topological polar surface area (TPSA) is 50.9 Å². The summed E-state index contributed by atoms with van der Waals surface area (Å²) in [5.74, 6) is 0. The average Bonchev–Trinajstić information content (AvgIpc) is 2.31. The summed E-state index contributed by atoms with van der Waals surface area (Å²) >= 11 is 0. The van der Waals surface area contributed by atoms with E-state index in [0.717, 1.165) is 18.5 Å². The molecular formula is C7H13N3O. The van der Waals surface area contributed by atoms with Gasteiger partial charge in [-0.3, -0.25) is 4.68 Å². The molecule has 0 unspecified atom stereocenters. The Morgan fingerprint density at radius 1 is 1.73 bits per heavy atom. The van der Waals surface area contributed by atoms with Crippen molar-refractivity contribution < 1.29 is 5.11 Å². The largest absolute Gasteiger partial charge is 0.393 e. The van der Waals surface area contributed by atoms with Gasteiger partial charge in [-0.05, 0) is 19.8 Å². The zero-order valence-electron chi connectivity index (χ0n) is 6.86. The van der Waals surface area contributed by atoms with Gasteiger partial charge in [0.15, 0.2) is 0 Å². The van der Waals surface area contributed by atoms with Gasteiger partial charge in [0.05, 0.1) is 18.0 Å². The van der Waals surface area contributed by atoms with Gasteiger partial charge in [0, 0.05) is 7.05 Å². The summed E-state index contributed by atoms with van der Waals surface area (Å²) in [7, 11) is 1.85. The van der Waals surface area contributed by atoms with Crippen molar-refractivity contribution in [2.75, 3.05) is 0 Å². The second-order valence-corrected chi connectivity index (χ2v) is 2.74. The molecule has 0 amide bonds. The predicted octanol–water partition coefficient (Wildman–Crippen LogP) is 0.128. The Balaban J connectivity index is 2.44. The molecule has 1 aromatic rings. The zero-order valence-corrected chi connectivity index (χ0v) is 6.86. The maximum absolute atomic E-state index is 8.99. The third-order valence-corrected chi connectivity index (χ3v) is 1.63. The van der Waals surface area contributed by atoms with Gasteiger partial charge in [0.2, 0.25) is 0 Å². The highest BCUT2D eigenvalue weighted by Gasteiger charge is 2.01. The third kappa shape index (κ3) is 2.31. The Labute approximate surface area is 65.8 Å². The smallest absolute Gasteiger partial charge is 0.0725 e. The molecule has 0 aliphatic rings. The molecule has 0 aliphatic heterocycles. The van der Waals surface area contributed by atoms with Crippen LogP contribution < -0.4 is 0 Å². The molecule has 1 atom stereocenters. The third-order valence-electron chi connectivity index (χ3n) is 1.63. The fraction of sp³-hybridized carbons (Fsp3) is 0.714. The van der Waals surface area contributed by atoms with Gasteiger partial charge in [-0.25, -0.2) is 0 Å². The minimum absolute atomic E-state index is 0.245. The molecule has 0 bridgehead atoms. The molecule has 0 saturated carbocycles. The van der Waals surface area contributed by atoms with Crippen molar-refractivity contribution in [2.45, 2.75) is 25.9 Å². The van der Waals surface area contributed by atoms with Gasteiger partial charge < -0.3 is 5.11 Å². The minimum Gasteiger partial charge on any atom is -0.393 e. The molecule has 0 spiro atoms. The summed E-state index contributed by atoms with van der Waals surface area (Å²) in [5, 5.41) is 16.5. The van der Waals surface area contributed by atoms with Gasteiger partial charge in [-0.1, -0.05) is 5.21 Å². The van der Waals surface area contributed by atoms with Crippen molar-refractivity contribution in [1.29, 1.82) is 0 Å². The number of aliphatic hydroxyl groups is 1. The van der Waals surface area contributed by atoms with E-state index < -0.39 is 0 Å². The summed E-state index contributed by atoms with van der Waals surface area (Å²) in [4.78, 5) is 0. The SMILES string of the molecule is C[C@@H](O)CCc1cnnn1C. The van der Waals surface area contributed by atoms with Gasteiger partial charge >= 0.3 is 0 Å². The zero-order chi connectivity index (χ0) is 8.27. The molecule has 0 radical (unpaired) electrons. The van der Waals surface area contributed by atoms with Crippen molar-refractivity contribution in [3.63, 3.8) is 0 Å². The number of hydrogen-bond acceptors (Lipinski definition) is 3. The maximum Gasteiger partial charge on any atom is 0.0725 e. The molecule has 1 rings (SSSR count). The van der Waals surface area contributed by atoms with Gasteiger partial charge in [0.1, 0.15) is 0 Å². The van der Waals surface area contributed by atoms with Crippen LogP contribution in [0.3, 0.4) is 0 Å². The first-order valence-corrected chi connectivity index (χ1v) is 3.72. The van der Waals surface area contributed by atoms with Crippen LogP contribution in [0.2, 0.25) is 0 Å². The highest BCUT2D eigenvalue weighted by molar-refractivity contribution is 4.93. The van der Waals surface area contributed by atoms with E-state index in [1.165, 1.54) is 0 Å². The summed E-state index contributed by atoms with van der Waals surface area (Å²) in [5.41, 5.74) is 1.06. The van der Waals surface area contributed by atoms with Gasteiger partial charge in [0.25, 0.3) is 0 Å². The molecule has 0 saturated heterocycles. The van der Waals surface area contributed by atoms with E-state index in [4.69, 9.17) is 5.11 Å². The van der Waals surface area contributed by atoms with E-state index in [1.54, 1.807) is 17.8 Å². The first-order valence-electron chi connectivity index (χ1n) is 3.72. The highest BCUT2D eigenvalue weighted by Crippen LogP contribution is 2.01. The van der Waals surface area contributed by atoms with E-state index in [1.807, 2.05) is 7.05 Å². The lowest BCUT2D eigenvalue weighted by atomic mass is 10.2. The number of nitrogens with zero attached hydrogens (tertiary/aromatic N) is 3. The van der Waals surface area contributed by atoms with E-state index in [0.29, 0.717) is 0 Å². The van der Waals surface area contributed by atoms with Crippen LogP contribution in [0.5, 0.6) is 0 Å². The Kier molecular flexibility index (Phi) is 2.59. The normalized spacial score (nSPS) is 13.4. The van der Waals surface area contributed by atoms with Crippen LogP contribution in [0.1, 0.15) is 19.0 Å². The number of rotatable bonds is 3. The van der Waals surface area contributed by atoms with E-state index in [2.05, 4.69) is 10.3 Å². The standard InChI is InChI=1S/C7H13N3O/c1-6(11)3-4-7-5-8-9-10(7)2/h5-6,11H,3-4H2,1-2H3/t6-/m1/s1. The first-order chi connectivity index (χ1) is 5.20. The second kappa shape index (κ2) is 3.48. The molecule has 0 aliphatic carbocycles. The number of aliphatic hydroxyl groups excluding tert-OH is 1. The monoisotopic (exact) mass is 155 g/mol. The van der Waals surface area contributed by atoms with Crippen molar-refractivity contribution >= 4 is 0 Å². The lowest BCUT2D eigenvalue weighted by Crippen LogP contribution is -2.04. The predicted molar refractivity (Wildman–Crippen MR) is 41.0 cm³/mol. The summed E-state index contributed by atoms with van der Waals surface area (Å²) < 4.78 is 1.72. The fourth-order valence-corrected chi connectivity index (χ4v) is 0.894. The summed E-state index contributed by atoms with van der Waals surface area (Å²) in [6, 6.07) is 0. The Bertz CT molecular complexity index is 219. The molecule has 11 heavy (non-hydrogen) atoms. The van der Waals surface area contributed by atoms with Crippen LogP contribution in [0.4, 0.5) is 0 Å². The van der Waals surface area contributed by atoms with E-state index in [-0.39, 0.29) is 6.10 Å². The summed E-state index contributed by atoms with van der Waals surface area (Å²) in [6.45, 7) is 1.78. The molecule has 1 N–H and O–H groups in total. The van der Waals surface area contributed by atoms with Crippen molar-refractivity contribution in [1.82, 2.24) is 15.0 Å². The first kappa shape index (κ1) is 8.20. The molecule has 0 fully saturated rings. The van der Waals surface area contributed by atoms with E-state index in [9.17, 15) is 0 Å². The Morgan fingerprint density at radius 2 is 2.45 bits per heavy atom. The molecule has 1 aromatic heterocycles. The maximum atomic E-state index is 8.99. The van der Waals surface area contributed by atoms with Gasteiger partial charge in [-0.2, -0.15) is 0 Å². The fourth-order valence-electron chi connectivity index (χ4n) is 0.894. The molecule has 4 heteroatoms. The van der Waals surface area contributed by atoms with Crippen LogP contribution in [-0.2, 0) is 13.5 Å². The lowest BCUT2D eigenvalue weighted by Gasteiger charge is -2.02. The van der Waals surface area contributed by atoms with Crippen LogP contribution in [-0.4, -0.2) is 26.2 Å². The lowest BCUT2D eigenvalue weighted by molar-refractivity contribution is 0.184. The van der Waals surface area contributed by atoms with Crippen molar-refractivity contribution in [3.8, 4) is 0 Å². The number of hydrogen-bond donors (Lipinski definition) is 1. The van der Waals surface area contributed by atoms with Crippen LogP contribution in [0.25, 0.3) is 0 Å². The highest BCUT2D eigenvalue weighted by atomic mass is 16.3. The molecular weight excluding hydrogens is 142 g/mol. The molecule has 1 heterocycles. The van der Waals surface area contributed by atoms with Crippen LogP contribution in [0.15, 0.2) is 6.20 Å². The second-order valence-electron chi connectivity index (χ2n) is 2.74. The van der Waals surface area contributed by atoms with Crippen LogP contribution in [0, 0.1) is 0 Å². The molecule has 62 valence electrons. The molecule has 4 nitrogen and oxygen atoms in total. The molecule has 0 aromatic carbocycles.